The molecular formula is C25H31NO2. The number of carbonyl (C=O) groups is 1. The molecule has 0 saturated heterocycles. The number of anilines is 2. The Morgan fingerprint density at radius 3 is 2.50 bits per heavy atom. The van der Waals surface area contributed by atoms with Gasteiger partial charge in [0.15, 0.2) is 0 Å². The van der Waals surface area contributed by atoms with Crippen molar-refractivity contribution in [2.75, 3.05) is 12.4 Å². The average molecular weight is 378 g/mol. The molecule has 3 nitrogen and oxygen atoms in total. The number of nitrogens with one attached hydrogen (secondary N) is 1. The molecule has 2 aliphatic rings. The van der Waals surface area contributed by atoms with E-state index in [2.05, 4.69) is 68.6 Å². The van der Waals surface area contributed by atoms with Gasteiger partial charge in [-0.05, 0) is 86.3 Å². The van der Waals surface area contributed by atoms with Crippen LogP contribution in [0.1, 0.15) is 56.2 Å². The van der Waals surface area contributed by atoms with Crippen LogP contribution in [0.3, 0.4) is 0 Å². The zero-order valence-corrected chi connectivity index (χ0v) is 17.5. The molecule has 1 N–H and O–H groups in total. The number of esters is 1. The highest BCUT2D eigenvalue weighted by Crippen LogP contribution is 2.57. The summed E-state index contributed by atoms with van der Waals surface area (Å²) in [7, 11) is 1.53. The molecule has 4 rings (SSSR count). The lowest BCUT2D eigenvalue weighted by molar-refractivity contribution is -0.161. The van der Waals surface area contributed by atoms with Crippen molar-refractivity contribution in [1.82, 2.24) is 0 Å². The smallest absolute Gasteiger partial charge is 0.311 e. The summed E-state index contributed by atoms with van der Waals surface area (Å²) >= 11 is 0. The van der Waals surface area contributed by atoms with Crippen molar-refractivity contribution in [2.24, 2.45) is 11.3 Å². The minimum absolute atomic E-state index is 0.0375. The van der Waals surface area contributed by atoms with Gasteiger partial charge in [-0.25, -0.2) is 0 Å². The molecule has 0 radical (unpaired) electrons. The van der Waals surface area contributed by atoms with Crippen LogP contribution < -0.4 is 5.32 Å². The highest BCUT2D eigenvalue weighted by Gasteiger charge is 2.55. The van der Waals surface area contributed by atoms with Gasteiger partial charge in [-0.1, -0.05) is 37.1 Å². The summed E-state index contributed by atoms with van der Waals surface area (Å²) in [6, 6.07) is 15.3. The van der Waals surface area contributed by atoms with Gasteiger partial charge in [0.2, 0.25) is 0 Å². The first-order valence-electron chi connectivity index (χ1n) is 10.4. The van der Waals surface area contributed by atoms with Gasteiger partial charge in [-0.2, -0.15) is 0 Å². The lowest BCUT2D eigenvalue weighted by atomic mass is 9.50. The second-order valence-electron chi connectivity index (χ2n) is 9.13. The standard InChI is InChI=1S/C25H31NO2/c1-17-6-9-19(10-7-17)26-20-11-12-21-18(16-20)8-13-22-24(21,2)14-5-15-25(22,3)23(27)28-4/h6-7,9-12,16,22,26H,5,8,13-15H2,1-4H3/t22?,24-,25?/m1/s1. The van der Waals surface area contributed by atoms with Crippen LogP contribution in [0.15, 0.2) is 42.5 Å². The van der Waals surface area contributed by atoms with Crippen LogP contribution in [-0.2, 0) is 21.4 Å². The summed E-state index contributed by atoms with van der Waals surface area (Å²) in [4.78, 5) is 12.6. The van der Waals surface area contributed by atoms with Crippen LogP contribution in [-0.4, -0.2) is 13.1 Å². The molecular weight excluding hydrogens is 346 g/mol. The quantitative estimate of drug-likeness (QED) is 0.675. The number of benzene rings is 2. The van der Waals surface area contributed by atoms with E-state index in [0.29, 0.717) is 5.92 Å². The SMILES string of the molecule is COC(=O)C1(C)CCC[C@]2(C)c3ccc(Nc4ccc(C)cc4)cc3CCC12. The number of carbonyl (C=O) groups excluding carboxylic acids is 1. The Balaban J connectivity index is 1.65. The van der Waals surface area contributed by atoms with E-state index in [1.807, 2.05) is 0 Å². The number of aryl methyl sites for hydroxylation is 2. The first kappa shape index (κ1) is 19.0. The number of hydrogen-bond donors (Lipinski definition) is 1. The number of rotatable bonds is 3. The second-order valence-corrected chi connectivity index (χ2v) is 9.13. The van der Waals surface area contributed by atoms with E-state index < -0.39 is 0 Å². The van der Waals surface area contributed by atoms with Crippen molar-refractivity contribution >= 4 is 17.3 Å². The fourth-order valence-corrected chi connectivity index (χ4v) is 5.85. The van der Waals surface area contributed by atoms with Crippen molar-refractivity contribution in [1.29, 1.82) is 0 Å². The van der Waals surface area contributed by atoms with E-state index in [0.717, 1.165) is 43.5 Å². The lowest BCUT2D eigenvalue weighted by Crippen LogP contribution is -2.52. The van der Waals surface area contributed by atoms with E-state index in [9.17, 15) is 4.79 Å². The number of hydrogen-bond acceptors (Lipinski definition) is 3. The zero-order chi connectivity index (χ0) is 19.9. The Morgan fingerprint density at radius 2 is 1.79 bits per heavy atom. The van der Waals surface area contributed by atoms with Gasteiger partial charge < -0.3 is 10.1 Å². The normalized spacial score (nSPS) is 28.8. The minimum atomic E-state index is -0.377. The van der Waals surface area contributed by atoms with Crippen LogP contribution in [0.5, 0.6) is 0 Å². The monoisotopic (exact) mass is 377 g/mol. The van der Waals surface area contributed by atoms with Gasteiger partial charge in [0.1, 0.15) is 0 Å². The van der Waals surface area contributed by atoms with Crippen molar-refractivity contribution in [3.8, 4) is 0 Å². The summed E-state index contributed by atoms with van der Waals surface area (Å²) < 4.78 is 5.22. The molecule has 0 aliphatic heterocycles. The summed E-state index contributed by atoms with van der Waals surface area (Å²) in [5.41, 5.74) is 6.02. The maximum atomic E-state index is 12.6. The van der Waals surface area contributed by atoms with E-state index in [1.165, 1.54) is 23.8 Å². The van der Waals surface area contributed by atoms with Gasteiger partial charge >= 0.3 is 5.97 Å². The van der Waals surface area contributed by atoms with Crippen LogP contribution in [0.4, 0.5) is 11.4 Å². The van der Waals surface area contributed by atoms with Gasteiger partial charge in [0.05, 0.1) is 12.5 Å². The molecule has 2 aliphatic carbocycles. The van der Waals surface area contributed by atoms with Crippen LogP contribution >= 0.6 is 0 Å². The Hall–Kier alpha value is -2.29. The molecule has 3 atom stereocenters. The van der Waals surface area contributed by atoms with E-state index in [-0.39, 0.29) is 16.8 Å². The molecule has 28 heavy (non-hydrogen) atoms. The topological polar surface area (TPSA) is 38.3 Å². The van der Waals surface area contributed by atoms with Gasteiger partial charge in [-0.3, -0.25) is 4.79 Å². The molecule has 0 aromatic heterocycles. The average Bonchev–Trinajstić information content (AvgIpc) is 2.68. The fraction of sp³-hybridized carbons (Fsp3) is 0.480. The van der Waals surface area contributed by atoms with Crippen LogP contribution in [0, 0.1) is 18.3 Å². The number of fused-ring (bicyclic) bond motifs is 3. The summed E-state index contributed by atoms with van der Waals surface area (Å²) in [5.74, 6) is 0.300. The Kier molecular flexibility index (Phi) is 4.73. The third-order valence-corrected chi connectivity index (χ3v) is 7.35. The van der Waals surface area contributed by atoms with Crippen molar-refractivity contribution in [3.05, 3.63) is 59.2 Å². The molecule has 2 aromatic carbocycles. The summed E-state index contributed by atoms with van der Waals surface area (Å²) in [5, 5.41) is 3.54. The number of methoxy groups -OCH3 is 1. The maximum Gasteiger partial charge on any atom is 0.311 e. The van der Waals surface area contributed by atoms with Crippen molar-refractivity contribution < 1.29 is 9.53 Å². The largest absolute Gasteiger partial charge is 0.469 e. The van der Waals surface area contributed by atoms with Crippen molar-refractivity contribution in [3.63, 3.8) is 0 Å². The zero-order valence-electron chi connectivity index (χ0n) is 17.5. The molecule has 1 saturated carbocycles. The molecule has 148 valence electrons. The van der Waals surface area contributed by atoms with Crippen LogP contribution in [0.25, 0.3) is 0 Å². The molecule has 0 heterocycles. The molecule has 1 fully saturated rings. The van der Waals surface area contributed by atoms with E-state index in [4.69, 9.17) is 4.74 Å². The lowest BCUT2D eigenvalue weighted by Gasteiger charge is -2.54. The molecule has 0 amide bonds. The van der Waals surface area contributed by atoms with Gasteiger partial charge in [0, 0.05) is 11.4 Å². The molecule has 3 heteroatoms. The predicted octanol–water partition coefficient (Wildman–Crippen LogP) is 5.92. The van der Waals surface area contributed by atoms with E-state index in [1.54, 1.807) is 0 Å². The highest BCUT2D eigenvalue weighted by atomic mass is 16.5. The summed E-state index contributed by atoms with van der Waals surface area (Å²) in [6.07, 6.45) is 5.21. The Bertz CT molecular complexity index is 888. The summed E-state index contributed by atoms with van der Waals surface area (Å²) in [6.45, 7) is 6.59. The third-order valence-electron chi connectivity index (χ3n) is 7.35. The first-order valence-corrected chi connectivity index (χ1v) is 10.4. The molecule has 2 unspecified atom stereocenters. The second kappa shape index (κ2) is 6.95. The van der Waals surface area contributed by atoms with Crippen LogP contribution in [0.2, 0.25) is 0 Å². The number of ether oxygens (including phenoxy) is 1. The Morgan fingerprint density at radius 1 is 1.07 bits per heavy atom. The molecule has 0 bridgehead atoms. The Labute approximate surface area is 168 Å². The third kappa shape index (κ3) is 3.01. The van der Waals surface area contributed by atoms with Gasteiger partial charge in [0.25, 0.3) is 0 Å². The van der Waals surface area contributed by atoms with Gasteiger partial charge in [-0.15, -0.1) is 0 Å². The maximum absolute atomic E-state index is 12.6. The van der Waals surface area contributed by atoms with Crippen molar-refractivity contribution in [2.45, 2.75) is 58.3 Å². The predicted molar refractivity (Wildman–Crippen MR) is 114 cm³/mol. The molecule has 2 aromatic rings. The van der Waals surface area contributed by atoms with E-state index >= 15 is 0 Å². The molecule has 0 spiro atoms. The fourth-order valence-electron chi connectivity index (χ4n) is 5.85. The first-order chi connectivity index (χ1) is 13.4. The highest BCUT2D eigenvalue weighted by molar-refractivity contribution is 5.77. The minimum Gasteiger partial charge on any atom is -0.469 e.